The summed E-state index contributed by atoms with van der Waals surface area (Å²) in [6, 6.07) is -1.06. The van der Waals surface area contributed by atoms with Gasteiger partial charge in [-0.1, -0.05) is 102 Å². The summed E-state index contributed by atoms with van der Waals surface area (Å²) >= 11 is 0. The fraction of sp³-hybridized carbons (Fsp3) is 0.767. The number of primary amides is 1. The number of carboxylic acid groups (broad SMARTS) is 1. The van der Waals surface area contributed by atoms with Gasteiger partial charge in [0, 0.05) is 25.7 Å². The van der Waals surface area contributed by atoms with Crippen molar-refractivity contribution in [3.05, 3.63) is 0 Å². The van der Waals surface area contributed by atoms with Crippen LogP contribution in [0.15, 0.2) is 0 Å². The van der Waals surface area contributed by atoms with Gasteiger partial charge in [-0.2, -0.15) is 0 Å². The maximum atomic E-state index is 11.9. The van der Waals surface area contributed by atoms with Crippen molar-refractivity contribution in [2.75, 3.05) is 0 Å². The molecule has 36 heavy (non-hydrogen) atoms. The van der Waals surface area contributed by atoms with E-state index < -0.39 is 17.9 Å². The molecule has 0 aromatic heterocycles. The summed E-state index contributed by atoms with van der Waals surface area (Å²) in [6.07, 6.45) is 21.5. The molecule has 6 heteroatoms. The lowest BCUT2D eigenvalue weighted by Gasteiger charge is -2.13. The lowest BCUT2D eigenvalue weighted by molar-refractivity contribution is -0.142. The monoisotopic (exact) mass is 502 g/mol. The first-order valence-electron chi connectivity index (χ1n) is 14.2. The average Bonchev–Trinajstić information content (AvgIpc) is 2.84. The largest absolute Gasteiger partial charge is 0.480 e. The third-order valence-corrected chi connectivity index (χ3v) is 6.16. The smallest absolute Gasteiger partial charge is 0.326 e. The molecule has 0 heterocycles. The number of carboxylic acids is 1. The van der Waals surface area contributed by atoms with E-state index in [1.807, 2.05) is 0 Å². The SMILES string of the molecule is CCCCCCCCCCCCC#CC#CCCCCCCCCC(=O)N[C@@H](CCC(N)=O)C(=O)O. The summed E-state index contributed by atoms with van der Waals surface area (Å²) in [5, 5.41) is 11.6. The third kappa shape index (κ3) is 24.6. The molecule has 4 N–H and O–H groups in total. The Morgan fingerprint density at radius 3 is 1.58 bits per heavy atom. The zero-order valence-corrected chi connectivity index (χ0v) is 22.7. The molecule has 0 aliphatic heterocycles. The molecule has 0 unspecified atom stereocenters. The lowest BCUT2D eigenvalue weighted by Crippen LogP contribution is -2.41. The summed E-state index contributed by atoms with van der Waals surface area (Å²) in [5.74, 6) is 10.2. The second-order valence-electron chi connectivity index (χ2n) is 9.62. The van der Waals surface area contributed by atoms with Gasteiger partial charge >= 0.3 is 5.97 Å². The lowest BCUT2D eigenvalue weighted by atomic mass is 10.1. The number of nitrogens with two attached hydrogens (primary N) is 1. The summed E-state index contributed by atoms with van der Waals surface area (Å²) in [7, 11) is 0. The molecule has 6 nitrogen and oxygen atoms in total. The van der Waals surface area contributed by atoms with Crippen LogP contribution in [0.3, 0.4) is 0 Å². The molecule has 0 aliphatic carbocycles. The second-order valence-corrected chi connectivity index (χ2v) is 9.62. The van der Waals surface area contributed by atoms with Gasteiger partial charge in [0.1, 0.15) is 6.04 Å². The van der Waals surface area contributed by atoms with Crippen LogP contribution in [-0.4, -0.2) is 28.9 Å². The van der Waals surface area contributed by atoms with E-state index >= 15 is 0 Å². The summed E-state index contributed by atoms with van der Waals surface area (Å²) in [5.41, 5.74) is 5.04. The number of carbonyl (C=O) groups excluding carboxylic acids is 2. The fourth-order valence-electron chi connectivity index (χ4n) is 3.93. The van der Waals surface area contributed by atoms with Crippen LogP contribution in [0.2, 0.25) is 0 Å². The number of hydrogen-bond acceptors (Lipinski definition) is 3. The van der Waals surface area contributed by atoms with Crippen molar-refractivity contribution in [3.8, 4) is 23.7 Å². The van der Waals surface area contributed by atoms with Crippen molar-refractivity contribution in [1.82, 2.24) is 5.32 Å². The van der Waals surface area contributed by atoms with Crippen LogP contribution in [0.1, 0.15) is 142 Å². The van der Waals surface area contributed by atoms with Crippen LogP contribution in [0.5, 0.6) is 0 Å². The summed E-state index contributed by atoms with van der Waals surface area (Å²) in [6.45, 7) is 2.26. The van der Waals surface area contributed by atoms with Crippen LogP contribution in [0.4, 0.5) is 0 Å². The first-order chi connectivity index (χ1) is 17.5. The van der Waals surface area contributed by atoms with Gasteiger partial charge in [-0.15, -0.1) is 0 Å². The van der Waals surface area contributed by atoms with Gasteiger partial charge in [0.2, 0.25) is 11.8 Å². The molecule has 0 radical (unpaired) electrons. The number of amides is 2. The Bertz CT molecular complexity index is 712. The molecule has 0 saturated carbocycles. The molecule has 204 valence electrons. The zero-order valence-electron chi connectivity index (χ0n) is 22.7. The molecular weight excluding hydrogens is 452 g/mol. The van der Waals surface area contributed by atoms with E-state index in [4.69, 9.17) is 10.8 Å². The quantitative estimate of drug-likeness (QED) is 0.113. The number of nitrogens with one attached hydrogen (secondary N) is 1. The third-order valence-electron chi connectivity index (χ3n) is 6.16. The number of aliphatic carboxylic acids is 1. The van der Waals surface area contributed by atoms with E-state index in [1.165, 1.54) is 64.2 Å². The van der Waals surface area contributed by atoms with E-state index in [-0.39, 0.29) is 18.7 Å². The van der Waals surface area contributed by atoms with Gasteiger partial charge in [0.05, 0.1) is 0 Å². The van der Waals surface area contributed by atoms with Crippen molar-refractivity contribution in [3.63, 3.8) is 0 Å². The molecule has 0 saturated heterocycles. The highest BCUT2D eigenvalue weighted by Crippen LogP contribution is 2.11. The molecule has 0 fully saturated rings. The molecule has 0 aromatic rings. The van der Waals surface area contributed by atoms with E-state index in [0.717, 1.165) is 51.4 Å². The minimum Gasteiger partial charge on any atom is -0.480 e. The van der Waals surface area contributed by atoms with Crippen molar-refractivity contribution < 1.29 is 19.5 Å². The first-order valence-corrected chi connectivity index (χ1v) is 14.2. The normalized spacial score (nSPS) is 11.0. The number of unbranched alkanes of at least 4 members (excludes halogenated alkanes) is 16. The predicted octanol–water partition coefficient (Wildman–Crippen LogP) is 6.26. The predicted molar refractivity (Wildman–Crippen MR) is 147 cm³/mol. The van der Waals surface area contributed by atoms with Crippen molar-refractivity contribution >= 4 is 17.8 Å². The van der Waals surface area contributed by atoms with Gasteiger partial charge < -0.3 is 16.2 Å². The molecule has 0 rings (SSSR count). The Morgan fingerprint density at radius 2 is 1.14 bits per heavy atom. The molecule has 0 aliphatic rings. The number of rotatable bonds is 23. The number of carbonyl (C=O) groups is 3. The van der Waals surface area contributed by atoms with Gasteiger partial charge in [0.15, 0.2) is 0 Å². The zero-order chi connectivity index (χ0) is 26.7. The molecular formula is C30H50N2O4. The molecule has 0 aromatic carbocycles. The van der Waals surface area contributed by atoms with Gasteiger partial charge in [0.25, 0.3) is 0 Å². The van der Waals surface area contributed by atoms with Crippen LogP contribution < -0.4 is 11.1 Å². The Balaban J connectivity index is 3.54. The molecule has 1 atom stereocenters. The topological polar surface area (TPSA) is 109 Å². The standard InChI is InChI=1S/C30H50N2O4/c1-2-3-4-5-6-7-8-9-10-11-12-13-14-15-16-17-18-19-20-21-22-23-24-29(34)32-27(30(35)36)25-26-28(31)33/h27H,2-12,17-26H2,1H3,(H2,31,33)(H,32,34)(H,35,36)/t27-/m0/s1. The van der Waals surface area contributed by atoms with Crippen LogP contribution in [0.25, 0.3) is 0 Å². The fourth-order valence-corrected chi connectivity index (χ4v) is 3.93. The van der Waals surface area contributed by atoms with Crippen molar-refractivity contribution in [2.45, 2.75) is 148 Å². The maximum Gasteiger partial charge on any atom is 0.326 e. The molecule has 0 spiro atoms. The van der Waals surface area contributed by atoms with Gasteiger partial charge in [-0.05, 0) is 37.5 Å². The van der Waals surface area contributed by atoms with Crippen molar-refractivity contribution in [2.24, 2.45) is 5.73 Å². The van der Waals surface area contributed by atoms with Crippen LogP contribution in [-0.2, 0) is 14.4 Å². The van der Waals surface area contributed by atoms with E-state index in [9.17, 15) is 14.4 Å². The second kappa shape index (κ2) is 25.6. The Hall–Kier alpha value is -2.47. The van der Waals surface area contributed by atoms with Crippen molar-refractivity contribution in [1.29, 1.82) is 0 Å². The summed E-state index contributed by atoms with van der Waals surface area (Å²) in [4.78, 5) is 33.8. The molecule has 0 bridgehead atoms. The molecule has 2 amide bonds. The highest BCUT2D eigenvalue weighted by Gasteiger charge is 2.20. The average molecular weight is 503 g/mol. The van der Waals surface area contributed by atoms with E-state index in [2.05, 4.69) is 35.9 Å². The van der Waals surface area contributed by atoms with Crippen LogP contribution in [0, 0.1) is 23.7 Å². The Labute approximate surface area is 219 Å². The highest BCUT2D eigenvalue weighted by atomic mass is 16.4. The minimum atomic E-state index is -1.15. The van der Waals surface area contributed by atoms with E-state index in [1.54, 1.807) is 0 Å². The summed E-state index contributed by atoms with van der Waals surface area (Å²) < 4.78 is 0. The highest BCUT2D eigenvalue weighted by molar-refractivity contribution is 5.84. The Morgan fingerprint density at radius 1 is 0.694 bits per heavy atom. The maximum absolute atomic E-state index is 11.9. The van der Waals surface area contributed by atoms with Crippen LogP contribution >= 0.6 is 0 Å². The van der Waals surface area contributed by atoms with Gasteiger partial charge in [-0.3, -0.25) is 9.59 Å². The minimum absolute atomic E-state index is 0.0181. The first kappa shape index (κ1) is 33.5. The Kier molecular flexibility index (Phi) is 23.9. The number of hydrogen-bond donors (Lipinski definition) is 3. The van der Waals surface area contributed by atoms with Gasteiger partial charge in [-0.25, -0.2) is 4.79 Å². The van der Waals surface area contributed by atoms with E-state index in [0.29, 0.717) is 6.42 Å².